The first-order valence-corrected chi connectivity index (χ1v) is 10.8. The second kappa shape index (κ2) is 10.3. The van der Waals surface area contributed by atoms with Crippen molar-refractivity contribution in [1.29, 1.82) is 0 Å². The maximum Gasteiger partial charge on any atom is 0.223 e. The number of carbonyl (C=O) groups is 1. The fourth-order valence-corrected chi connectivity index (χ4v) is 4.28. The minimum absolute atomic E-state index is 0.0502. The first kappa shape index (κ1) is 21.9. The Hall–Kier alpha value is -1.75. The molecule has 156 valence electrons. The van der Waals surface area contributed by atoms with Gasteiger partial charge in [-0.2, -0.15) is 0 Å². The highest BCUT2D eigenvalue weighted by Crippen LogP contribution is 2.27. The van der Waals surface area contributed by atoms with Crippen LogP contribution < -0.4 is 10.1 Å². The van der Waals surface area contributed by atoms with Crippen molar-refractivity contribution < 1.29 is 9.53 Å². The van der Waals surface area contributed by atoms with Crippen LogP contribution in [0.5, 0.6) is 5.75 Å². The molecular formula is C23H28Cl2N2O2. The number of rotatable bonds is 7. The van der Waals surface area contributed by atoms with Gasteiger partial charge in [0.05, 0.1) is 6.54 Å². The molecule has 1 aliphatic rings. The number of halogens is 2. The number of likely N-dealkylation sites (tertiary alicyclic amines) is 1. The molecule has 4 nitrogen and oxygen atoms in total. The fourth-order valence-electron chi connectivity index (χ4n) is 3.76. The summed E-state index contributed by atoms with van der Waals surface area (Å²) in [6, 6.07) is 11.7. The molecule has 6 heteroatoms. The van der Waals surface area contributed by atoms with Crippen molar-refractivity contribution in [3.8, 4) is 5.75 Å². The molecule has 3 rings (SSSR count). The zero-order chi connectivity index (χ0) is 20.8. The van der Waals surface area contributed by atoms with Crippen molar-refractivity contribution in [3.05, 3.63) is 63.1 Å². The zero-order valence-electron chi connectivity index (χ0n) is 17.0. The number of hydrogen-bond acceptors (Lipinski definition) is 3. The van der Waals surface area contributed by atoms with E-state index in [-0.39, 0.29) is 11.8 Å². The quantitative estimate of drug-likeness (QED) is 0.622. The highest BCUT2D eigenvalue weighted by molar-refractivity contribution is 6.35. The van der Waals surface area contributed by atoms with Crippen LogP contribution in [0.25, 0.3) is 0 Å². The van der Waals surface area contributed by atoms with Crippen LogP contribution in [0, 0.1) is 19.8 Å². The van der Waals surface area contributed by atoms with Gasteiger partial charge in [-0.3, -0.25) is 9.69 Å². The molecule has 29 heavy (non-hydrogen) atoms. The Morgan fingerprint density at radius 3 is 2.34 bits per heavy atom. The van der Waals surface area contributed by atoms with E-state index in [2.05, 4.69) is 16.3 Å². The van der Waals surface area contributed by atoms with Gasteiger partial charge in [0.15, 0.2) is 0 Å². The van der Waals surface area contributed by atoms with Crippen molar-refractivity contribution in [3.63, 3.8) is 0 Å². The Morgan fingerprint density at radius 1 is 1.10 bits per heavy atom. The molecule has 2 aromatic rings. The normalized spacial score (nSPS) is 15.3. The second-order valence-corrected chi connectivity index (χ2v) is 8.53. The molecule has 0 atom stereocenters. The first-order valence-electron chi connectivity index (χ1n) is 10.1. The average molecular weight is 435 g/mol. The lowest BCUT2D eigenvalue weighted by molar-refractivity contribution is -0.126. The van der Waals surface area contributed by atoms with Crippen molar-refractivity contribution in [1.82, 2.24) is 10.2 Å². The van der Waals surface area contributed by atoms with Gasteiger partial charge in [-0.25, -0.2) is 0 Å². The number of ether oxygens (including phenoxy) is 1. The predicted octanol–water partition coefficient (Wildman–Crippen LogP) is 5.02. The molecule has 1 saturated heterocycles. The second-order valence-electron chi connectivity index (χ2n) is 7.71. The van der Waals surface area contributed by atoms with Crippen LogP contribution in [0.3, 0.4) is 0 Å². The highest BCUT2D eigenvalue weighted by atomic mass is 35.5. The van der Waals surface area contributed by atoms with Crippen molar-refractivity contribution in [2.45, 2.75) is 33.2 Å². The highest BCUT2D eigenvalue weighted by Gasteiger charge is 2.25. The van der Waals surface area contributed by atoms with Crippen LogP contribution in [-0.4, -0.2) is 37.0 Å². The topological polar surface area (TPSA) is 41.6 Å². The van der Waals surface area contributed by atoms with E-state index in [1.807, 2.05) is 44.2 Å². The van der Waals surface area contributed by atoms with Crippen LogP contribution in [0.2, 0.25) is 10.0 Å². The number of amides is 1. The van der Waals surface area contributed by atoms with Crippen molar-refractivity contribution >= 4 is 29.1 Å². The molecule has 0 bridgehead atoms. The number of nitrogens with zero attached hydrogens (tertiary/aromatic N) is 1. The maximum atomic E-state index is 12.5. The van der Waals surface area contributed by atoms with Crippen LogP contribution >= 0.6 is 23.2 Å². The van der Waals surface area contributed by atoms with E-state index >= 15 is 0 Å². The summed E-state index contributed by atoms with van der Waals surface area (Å²) in [5.74, 6) is 1.02. The molecule has 1 amide bonds. The lowest BCUT2D eigenvalue weighted by Gasteiger charge is -2.31. The van der Waals surface area contributed by atoms with E-state index < -0.39 is 0 Å². The summed E-state index contributed by atoms with van der Waals surface area (Å²) in [6.07, 6.45) is 1.68. The van der Waals surface area contributed by atoms with Gasteiger partial charge >= 0.3 is 0 Å². The van der Waals surface area contributed by atoms with E-state index in [9.17, 15) is 4.79 Å². The summed E-state index contributed by atoms with van der Waals surface area (Å²) in [4.78, 5) is 14.8. The Bertz CT molecular complexity index is 808. The van der Waals surface area contributed by atoms with Crippen molar-refractivity contribution in [2.75, 3.05) is 26.2 Å². The molecule has 0 spiro atoms. The summed E-state index contributed by atoms with van der Waals surface area (Å²) in [5, 5.41) is 4.40. The summed E-state index contributed by atoms with van der Waals surface area (Å²) >= 11 is 12.5. The molecule has 2 aromatic carbocycles. The molecule has 1 N–H and O–H groups in total. The predicted molar refractivity (Wildman–Crippen MR) is 119 cm³/mol. The third kappa shape index (κ3) is 6.36. The molecule has 0 aromatic heterocycles. The van der Waals surface area contributed by atoms with E-state index in [0.717, 1.165) is 43.8 Å². The Kier molecular flexibility index (Phi) is 7.82. The van der Waals surface area contributed by atoms with Gasteiger partial charge in [-0.1, -0.05) is 35.3 Å². The van der Waals surface area contributed by atoms with Crippen LogP contribution in [0.15, 0.2) is 36.4 Å². The molecule has 0 radical (unpaired) electrons. The summed E-state index contributed by atoms with van der Waals surface area (Å²) in [5.41, 5.74) is 3.31. The van der Waals surface area contributed by atoms with E-state index in [0.29, 0.717) is 23.2 Å². The summed E-state index contributed by atoms with van der Waals surface area (Å²) in [6.45, 7) is 7.52. The van der Waals surface area contributed by atoms with Gasteiger partial charge in [0.1, 0.15) is 12.4 Å². The number of aryl methyl sites for hydroxylation is 2. The van der Waals surface area contributed by atoms with Crippen LogP contribution in [0.4, 0.5) is 0 Å². The number of hydrogen-bond donors (Lipinski definition) is 1. The van der Waals surface area contributed by atoms with E-state index in [1.54, 1.807) is 0 Å². The van der Waals surface area contributed by atoms with Crippen LogP contribution in [0.1, 0.15) is 29.5 Å². The molecule has 0 unspecified atom stereocenters. The number of nitrogens with one attached hydrogen (secondary N) is 1. The number of piperidine rings is 1. The molecule has 1 fully saturated rings. The SMILES string of the molecule is Cc1cc(C)cc(OCCNC(=O)C2CCN(Cc3c(Cl)cccc3Cl)CC2)c1. The standard InChI is InChI=1S/C23H28Cl2N2O2/c1-16-12-17(2)14-19(13-16)29-11-8-26-23(28)18-6-9-27(10-7-18)15-20-21(24)4-3-5-22(20)25/h3-5,12-14,18H,6-11,15H2,1-2H3,(H,26,28). The number of carbonyl (C=O) groups excluding carboxylic acids is 1. The monoisotopic (exact) mass is 434 g/mol. The first-order chi connectivity index (χ1) is 13.9. The molecule has 1 heterocycles. The lowest BCUT2D eigenvalue weighted by Crippen LogP contribution is -2.41. The van der Waals surface area contributed by atoms with Gasteiger partial charge < -0.3 is 10.1 Å². The lowest BCUT2D eigenvalue weighted by atomic mass is 9.95. The van der Waals surface area contributed by atoms with Crippen LogP contribution in [-0.2, 0) is 11.3 Å². The third-order valence-corrected chi connectivity index (χ3v) is 5.98. The zero-order valence-corrected chi connectivity index (χ0v) is 18.5. The fraction of sp³-hybridized carbons (Fsp3) is 0.435. The van der Waals surface area contributed by atoms with Gasteiger partial charge in [-0.15, -0.1) is 0 Å². The van der Waals surface area contributed by atoms with Gasteiger partial charge in [0.2, 0.25) is 5.91 Å². The maximum absolute atomic E-state index is 12.5. The summed E-state index contributed by atoms with van der Waals surface area (Å²) < 4.78 is 5.76. The molecule has 0 saturated carbocycles. The average Bonchev–Trinajstić information content (AvgIpc) is 2.68. The molecule has 1 aliphatic heterocycles. The Balaban J connectivity index is 1.38. The van der Waals surface area contributed by atoms with Gasteiger partial charge in [0, 0.05) is 28.1 Å². The molecular weight excluding hydrogens is 407 g/mol. The van der Waals surface area contributed by atoms with E-state index in [4.69, 9.17) is 27.9 Å². The Labute approximate surface area is 183 Å². The van der Waals surface area contributed by atoms with Gasteiger partial charge in [-0.05, 0) is 75.2 Å². The van der Waals surface area contributed by atoms with E-state index in [1.165, 1.54) is 11.1 Å². The summed E-state index contributed by atoms with van der Waals surface area (Å²) in [7, 11) is 0. The minimum atomic E-state index is 0.0502. The smallest absolute Gasteiger partial charge is 0.223 e. The Morgan fingerprint density at radius 2 is 1.72 bits per heavy atom. The van der Waals surface area contributed by atoms with Gasteiger partial charge in [0.25, 0.3) is 0 Å². The molecule has 0 aliphatic carbocycles. The third-order valence-electron chi connectivity index (χ3n) is 5.27. The largest absolute Gasteiger partial charge is 0.492 e. The number of benzene rings is 2. The minimum Gasteiger partial charge on any atom is -0.492 e. The van der Waals surface area contributed by atoms with Crippen molar-refractivity contribution in [2.24, 2.45) is 5.92 Å².